The molecule has 1 fully saturated rings. The number of anilines is 1. The summed E-state index contributed by atoms with van der Waals surface area (Å²) >= 11 is 0. The Bertz CT molecular complexity index is 404. The fourth-order valence-electron chi connectivity index (χ4n) is 2.47. The lowest BCUT2D eigenvalue weighted by Gasteiger charge is -2.31. The molecule has 5 heteroatoms. The second-order valence-corrected chi connectivity index (χ2v) is 5.08. The van der Waals surface area contributed by atoms with Crippen molar-refractivity contribution in [2.24, 2.45) is 11.7 Å². The number of nitrogens with one attached hydrogen (secondary N) is 1. The van der Waals surface area contributed by atoms with Gasteiger partial charge in [-0.15, -0.1) is 0 Å². The highest BCUT2D eigenvalue weighted by atomic mass is 19.2. The van der Waals surface area contributed by atoms with Gasteiger partial charge < -0.3 is 16.0 Å². The zero-order chi connectivity index (χ0) is 13.7. The van der Waals surface area contributed by atoms with E-state index in [9.17, 15) is 8.78 Å². The number of rotatable bonds is 5. The molecule has 0 unspecified atom stereocenters. The van der Waals surface area contributed by atoms with Crippen molar-refractivity contribution >= 4 is 5.69 Å². The Balaban J connectivity index is 1.75. The van der Waals surface area contributed by atoms with Crippen molar-refractivity contribution in [3.8, 4) is 0 Å². The molecule has 0 aliphatic carbocycles. The van der Waals surface area contributed by atoms with Crippen LogP contribution in [0.1, 0.15) is 12.8 Å². The fraction of sp³-hybridized carbons (Fsp3) is 0.571. The van der Waals surface area contributed by atoms with E-state index in [1.54, 1.807) is 6.07 Å². The second-order valence-electron chi connectivity index (χ2n) is 5.08. The van der Waals surface area contributed by atoms with E-state index in [4.69, 9.17) is 5.73 Å². The number of piperidine rings is 1. The molecular weight excluding hydrogens is 248 g/mol. The summed E-state index contributed by atoms with van der Waals surface area (Å²) in [5, 5.41) is 3.18. The minimum Gasteiger partial charge on any atom is -0.385 e. The normalized spacial score (nSPS) is 17.6. The molecule has 3 nitrogen and oxygen atoms in total. The highest BCUT2D eigenvalue weighted by molar-refractivity contribution is 5.43. The van der Waals surface area contributed by atoms with E-state index in [-0.39, 0.29) is 0 Å². The lowest BCUT2D eigenvalue weighted by atomic mass is 9.96. The van der Waals surface area contributed by atoms with Crippen LogP contribution in [0.4, 0.5) is 14.5 Å². The van der Waals surface area contributed by atoms with Gasteiger partial charge in [0, 0.05) is 25.3 Å². The molecular formula is C14H21F2N3. The van der Waals surface area contributed by atoms with Gasteiger partial charge >= 0.3 is 0 Å². The Hall–Kier alpha value is -1.20. The van der Waals surface area contributed by atoms with Crippen molar-refractivity contribution in [1.29, 1.82) is 0 Å². The van der Waals surface area contributed by atoms with E-state index in [1.807, 2.05) is 0 Å². The molecule has 3 N–H and O–H groups in total. The maximum Gasteiger partial charge on any atom is 0.160 e. The fourth-order valence-corrected chi connectivity index (χ4v) is 2.47. The SMILES string of the molecule is NCCN1CCC(CNc2ccc(F)c(F)c2)CC1. The van der Waals surface area contributed by atoms with Crippen LogP contribution in [0, 0.1) is 17.6 Å². The van der Waals surface area contributed by atoms with Crippen LogP contribution in [-0.4, -0.2) is 37.6 Å². The van der Waals surface area contributed by atoms with Gasteiger partial charge in [0.2, 0.25) is 0 Å². The van der Waals surface area contributed by atoms with Crippen molar-refractivity contribution in [2.75, 3.05) is 38.0 Å². The summed E-state index contributed by atoms with van der Waals surface area (Å²) in [6, 6.07) is 3.93. The predicted octanol–water partition coefficient (Wildman–Crippen LogP) is 2.05. The first kappa shape index (κ1) is 14.2. The van der Waals surface area contributed by atoms with E-state index >= 15 is 0 Å². The molecule has 1 aromatic carbocycles. The first-order valence-corrected chi connectivity index (χ1v) is 6.80. The third kappa shape index (κ3) is 4.14. The third-order valence-corrected chi connectivity index (χ3v) is 3.67. The monoisotopic (exact) mass is 269 g/mol. The minimum absolute atomic E-state index is 0.585. The Morgan fingerprint density at radius 1 is 1.21 bits per heavy atom. The zero-order valence-corrected chi connectivity index (χ0v) is 11.0. The summed E-state index contributed by atoms with van der Waals surface area (Å²) < 4.78 is 25.8. The van der Waals surface area contributed by atoms with Crippen LogP contribution < -0.4 is 11.1 Å². The van der Waals surface area contributed by atoms with Crippen molar-refractivity contribution in [3.63, 3.8) is 0 Å². The maximum atomic E-state index is 13.0. The molecule has 0 atom stereocenters. The van der Waals surface area contributed by atoms with Crippen molar-refractivity contribution in [3.05, 3.63) is 29.8 Å². The Morgan fingerprint density at radius 3 is 2.58 bits per heavy atom. The molecule has 0 aromatic heterocycles. The van der Waals surface area contributed by atoms with Crippen LogP contribution in [0.15, 0.2) is 18.2 Å². The molecule has 0 saturated carbocycles. The van der Waals surface area contributed by atoms with Crippen molar-refractivity contribution in [1.82, 2.24) is 4.90 Å². The predicted molar refractivity (Wildman–Crippen MR) is 73.1 cm³/mol. The summed E-state index contributed by atoms with van der Waals surface area (Å²) in [5.41, 5.74) is 6.18. The number of hydrogen-bond acceptors (Lipinski definition) is 3. The van der Waals surface area contributed by atoms with Crippen LogP contribution in [-0.2, 0) is 0 Å². The molecule has 2 rings (SSSR count). The molecule has 19 heavy (non-hydrogen) atoms. The highest BCUT2D eigenvalue weighted by Gasteiger charge is 2.18. The van der Waals surface area contributed by atoms with Crippen molar-refractivity contribution in [2.45, 2.75) is 12.8 Å². The number of nitrogens with two attached hydrogens (primary N) is 1. The maximum absolute atomic E-state index is 13.0. The van der Waals surface area contributed by atoms with E-state index in [0.717, 1.165) is 45.1 Å². The quantitative estimate of drug-likeness (QED) is 0.859. The van der Waals surface area contributed by atoms with Gasteiger partial charge in [0.1, 0.15) is 0 Å². The van der Waals surface area contributed by atoms with E-state index < -0.39 is 11.6 Å². The second kappa shape index (κ2) is 6.82. The highest BCUT2D eigenvalue weighted by Crippen LogP contribution is 2.19. The molecule has 1 aromatic rings. The van der Waals surface area contributed by atoms with Crippen LogP contribution in [0.5, 0.6) is 0 Å². The summed E-state index contributed by atoms with van der Waals surface area (Å²) in [4.78, 5) is 2.37. The Morgan fingerprint density at radius 2 is 1.95 bits per heavy atom. The lowest BCUT2D eigenvalue weighted by Crippen LogP contribution is -2.38. The molecule has 1 heterocycles. The zero-order valence-electron chi connectivity index (χ0n) is 11.0. The van der Waals surface area contributed by atoms with Crippen LogP contribution in [0.2, 0.25) is 0 Å². The molecule has 1 aliphatic rings. The van der Waals surface area contributed by atoms with Gasteiger partial charge in [-0.1, -0.05) is 0 Å². The summed E-state index contributed by atoms with van der Waals surface area (Å²) in [6.07, 6.45) is 2.24. The van der Waals surface area contributed by atoms with Gasteiger partial charge in [-0.05, 0) is 50.0 Å². The number of halogens is 2. The molecule has 0 radical (unpaired) electrons. The molecule has 1 saturated heterocycles. The van der Waals surface area contributed by atoms with Gasteiger partial charge in [0.05, 0.1) is 0 Å². The number of benzene rings is 1. The van der Waals surface area contributed by atoms with E-state index in [2.05, 4.69) is 10.2 Å². The van der Waals surface area contributed by atoms with Gasteiger partial charge in [-0.3, -0.25) is 0 Å². The topological polar surface area (TPSA) is 41.3 Å². The Labute approximate surface area is 112 Å². The molecule has 0 amide bonds. The first-order valence-electron chi connectivity index (χ1n) is 6.80. The first-order chi connectivity index (χ1) is 9.19. The minimum atomic E-state index is -0.805. The summed E-state index contributed by atoms with van der Waals surface area (Å²) in [6.45, 7) is 4.62. The number of likely N-dealkylation sites (tertiary alicyclic amines) is 1. The van der Waals surface area contributed by atoms with Crippen LogP contribution in [0.25, 0.3) is 0 Å². The van der Waals surface area contributed by atoms with E-state index in [0.29, 0.717) is 18.2 Å². The average Bonchev–Trinajstić information content (AvgIpc) is 2.42. The average molecular weight is 269 g/mol. The van der Waals surface area contributed by atoms with Gasteiger partial charge in [0.15, 0.2) is 11.6 Å². The van der Waals surface area contributed by atoms with Crippen molar-refractivity contribution < 1.29 is 8.78 Å². The van der Waals surface area contributed by atoms with Crippen LogP contribution in [0.3, 0.4) is 0 Å². The standard InChI is InChI=1S/C14H21F2N3/c15-13-2-1-12(9-14(13)16)18-10-11-3-6-19(7-4-11)8-5-17/h1-2,9,11,18H,3-8,10,17H2. The Kier molecular flexibility index (Phi) is 5.10. The molecule has 0 bridgehead atoms. The smallest absolute Gasteiger partial charge is 0.160 e. The summed E-state index contributed by atoms with van der Waals surface area (Å²) in [7, 11) is 0. The molecule has 1 aliphatic heterocycles. The van der Waals surface area contributed by atoms with Gasteiger partial charge in [0.25, 0.3) is 0 Å². The number of hydrogen-bond donors (Lipinski definition) is 2. The van der Waals surface area contributed by atoms with Gasteiger partial charge in [-0.2, -0.15) is 0 Å². The molecule has 0 spiro atoms. The lowest BCUT2D eigenvalue weighted by molar-refractivity contribution is 0.194. The van der Waals surface area contributed by atoms with Gasteiger partial charge in [-0.25, -0.2) is 8.78 Å². The summed E-state index contributed by atoms with van der Waals surface area (Å²) in [5.74, 6) is -1.02. The molecule has 106 valence electrons. The van der Waals surface area contributed by atoms with E-state index in [1.165, 1.54) is 6.07 Å². The largest absolute Gasteiger partial charge is 0.385 e. The van der Waals surface area contributed by atoms with Crippen LogP contribution >= 0.6 is 0 Å². The third-order valence-electron chi connectivity index (χ3n) is 3.67. The number of nitrogens with zero attached hydrogens (tertiary/aromatic N) is 1.